The van der Waals surface area contributed by atoms with Crippen LogP contribution in [0.15, 0.2) is 30.3 Å². The molecule has 3 aromatic rings. The van der Waals surface area contributed by atoms with E-state index < -0.39 is 5.82 Å². The first-order chi connectivity index (χ1) is 10.1. The van der Waals surface area contributed by atoms with Crippen LogP contribution in [0.25, 0.3) is 16.9 Å². The Morgan fingerprint density at radius 1 is 1.10 bits per heavy atom. The number of halogens is 1. The van der Waals surface area contributed by atoms with E-state index in [9.17, 15) is 4.39 Å². The number of aromatic nitrogens is 3. The molecular formula is C14H13FN4O2. The van der Waals surface area contributed by atoms with Gasteiger partial charge in [0.25, 0.3) is 0 Å². The topological polar surface area (TPSA) is 75.2 Å². The Morgan fingerprint density at radius 2 is 1.90 bits per heavy atom. The van der Waals surface area contributed by atoms with Crippen LogP contribution in [-0.2, 0) is 0 Å². The van der Waals surface area contributed by atoms with Crippen molar-refractivity contribution in [1.29, 1.82) is 0 Å². The van der Waals surface area contributed by atoms with Crippen LogP contribution in [0.4, 0.5) is 10.3 Å². The van der Waals surface area contributed by atoms with Gasteiger partial charge in [-0.15, -0.1) is 0 Å². The number of hydrogen-bond donors (Lipinski definition) is 1. The maximum atomic E-state index is 14.1. The zero-order valence-corrected chi connectivity index (χ0v) is 11.5. The Hall–Kier alpha value is -2.83. The van der Waals surface area contributed by atoms with E-state index in [1.54, 1.807) is 12.1 Å². The average Bonchev–Trinajstić information content (AvgIpc) is 2.82. The Balaban J connectivity index is 2.31. The van der Waals surface area contributed by atoms with Gasteiger partial charge < -0.3 is 15.2 Å². The lowest BCUT2D eigenvalue weighted by atomic mass is 10.3. The molecule has 6 nitrogen and oxygen atoms in total. The molecule has 0 saturated carbocycles. The molecule has 0 atom stereocenters. The van der Waals surface area contributed by atoms with E-state index in [1.807, 2.05) is 0 Å². The molecule has 0 aliphatic rings. The number of methoxy groups -OCH3 is 2. The van der Waals surface area contributed by atoms with Gasteiger partial charge in [-0.2, -0.15) is 4.98 Å². The first-order valence-electron chi connectivity index (χ1n) is 6.17. The molecule has 108 valence electrons. The summed E-state index contributed by atoms with van der Waals surface area (Å²) in [6.07, 6.45) is 0. The molecule has 0 fully saturated rings. The Bertz CT molecular complexity index is 816. The van der Waals surface area contributed by atoms with Crippen LogP contribution >= 0.6 is 0 Å². The molecule has 1 aromatic carbocycles. The van der Waals surface area contributed by atoms with Gasteiger partial charge in [0.15, 0.2) is 5.65 Å². The number of hydrogen-bond acceptors (Lipinski definition) is 5. The monoisotopic (exact) mass is 288 g/mol. The summed E-state index contributed by atoms with van der Waals surface area (Å²) in [7, 11) is 3.01. The van der Waals surface area contributed by atoms with E-state index in [4.69, 9.17) is 15.2 Å². The van der Waals surface area contributed by atoms with Gasteiger partial charge in [-0.1, -0.05) is 0 Å². The van der Waals surface area contributed by atoms with Crippen LogP contribution in [0.2, 0.25) is 0 Å². The summed E-state index contributed by atoms with van der Waals surface area (Å²) in [6, 6.07) is 7.75. The fraction of sp³-hybridized carbons (Fsp3) is 0.143. The van der Waals surface area contributed by atoms with Gasteiger partial charge in [0.05, 0.1) is 19.9 Å². The van der Waals surface area contributed by atoms with Gasteiger partial charge in [0.1, 0.15) is 17.1 Å². The number of pyridine rings is 1. The lowest BCUT2D eigenvalue weighted by Crippen LogP contribution is -2.04. The number of anilines is 1. The summed E-state index contributed by atoms with van der Waals surface area (Å²) >= 11 is 0. The lowest BCUT2D eigenvalue weighted by molar-refractivity contribution is 0.399. The van der Waals surface area contributed by atoms with Crippen molar-refractivity contribution in [3.8, 4) is 17.3 Å². The number of benzene rings is 1. The number of nitrogens with two attached hydrogens (primary N) is 1. The van der Waals surface area contributed by atoms with E-state index in [1.165, 1.54) is 37.0 Å². The second kappa shape index (κ2) is 4.93. The van der Waals surface area contributed by atoms with Crippen molar-refractivity contribution in [1.82, 2.24) is 14.5 Å². The molecular weight excluding hydrogens is 275 g/mol. The summed E-state index contributed by atoms with van der Waals surface area (Å²) in [5.41, 5.74) is 7.09. The zero-order valence-electron chi connectivity index (χ0n) is 11.5. The van der Waals surface area contributed by atoms with Crippen molar-refractivity contribution in [3.05, 3.63) is 36.1 Å². The molecule has 0 radical (unpaired) electrons. The predicted octanol–water partition coefficient (Wildman–Crippen LogP) is 2.16. The highest BCUT2D eigenvalue weighted by Crippen LogP contribution is 2.27. The van der Waals surface area contributed by atoms with E-state index in [0.29, 0.717) is 22.8 Å². The third-order valence-corrected chi connectivity index (χ3v) is 3.11. The van der Waals surface area contributed by atoms with Crippen LogP contribution in [-0.4, -0.2) is 28.8 Å². The van der Waals surface area contributed by atoms with Crippen LogP contribution < -0.4 is 15.2 Å². The molecule has 0 aliphatic carbocycles. The summed E-state index contributed by atoms with van der Waals surface area (Å²) in [4.78, 5) is 8.45. The van der Waals surface area contributed by atoms with Crippen molar-refractivity contribution >= 4 is 17.1 Å². The van der Waals surface area contributed by atoms with Gasteiger partial charge in [0.2, 0.25) is 11.8 Å². The Morgan fingerprint density at radius 3 is 2.62 bits per heavy atom. The van der Waals surface area contributed by atoms with E-state index in [-0.39, 0.29) is 11.6 Å². The molecule has 0 unspecified atom stereocenters. The van der Waals surface area contributed by atoms with Crippen molar-refractivity contribution in [2.24, 2.45) is 0 Å². The van der Waals surface area contributed by atoms with Crippen molar-refractivity contribution in [3.63, 3.8) is 0 Å². The van der Waals surface area contributed by atoms with Crippen LogP contribution in [0, 0.1) is 5.82 Å². The molecule has 3 rings (SSSR count). The molecule has 2 N–H and O–H groups in total. The van der Waals surface area contributed by atoms with Crippen LogP contribution in [0.3, 0.4) is 0 Å². The summed E-state index contributed by atoms with van der Waals surface area (Å²) in [5, 5.41) is 0. The highest BCUT2D eigenvalue weighted by Gasteiger charge is 2.16. The largest absolute Gasteiger partial charge is 0.497 e. The number of nitrogens with zero attached hydrogens (tertiary/aromatic N) is 3. The molecule has 0 amide bonds. The minimum Gasteiger partial charge on any atom is -0.497 e. The minimum atomic E-state index is -0.452. The van der Waals surface area contributed by atoms with Crippen LogP contribution in [0.5, 0.6) is 11.6 Å². The summed E-state index contributed by atoms with van der Waals surface area (Å²) in [5.74, 6) is 0.590. The van der Waals surface area contributed by atoms with Gasteiger partial charge in [-0.3, -0.25) is 4.57 Å². The molecule has 0 spiro atoms. The first kappa shape index (κ1) is 13.2. The van der Waals surface area contributed by atoms with Crippen LogP contribution in [0.1, 0.15) is 0 Å². The molecule has 21 heavy (non-hydrogen) atoms. The maximum Gasteiger partial charge on any atom is 0.215 e. The number of imidazole rings is 1. The summed E-state index contributed by atoms with van der Waals surface area (Å²) < 4.78 is 25.8. The highest BCUT2D eigenvalue weighted by atomic mass is 19.1. The second-order valence-electron chi connectivity index (χ2n) is 4.32. The number of fused-ring (bicyclic) bond motifs is 1. The number of ether oxygens (including phenoxy) is 2. The minimum absolute atomic E-state index is 0.137. The highest BCUT2D eigenvalue weighted by molar-refractivity contribution is 5.77. The fourth-order valence-electron chi connectivity index (χ4n) is 2.10. The van der Waals surface area contributed by atoms with Gasteiger partial charge in [-0.25, -0.2) is 9.37 Å². The molecule has 0 aliphatic heterocycles. The van der Waals surface area contributed by atoms with Crippen molar-refractivity contribution in [2.75, 3.05) is 20.0 Å². The van der Waals surface area contributed by atoms with Gasteiger partial charge in [0, 0.05) is 12.1 Å². The maximum absolute atomic E-state index is 14.1. The fourth-order valence-corrected chi connectivity index (χ4v) is 2.10. The second-order valence-corrected chi connectivity index (χ2v) is 4.32. The lowest BCUT2D eigenvalue weighted by Gasteiger charge is -2.09. The predicted molar refractivity (Wildman–Crippen MR) is 76.3 cm³/mol. The standard InChI is InChI=1S/C14H13FN4O2/c1-20-8-3-4-9(15)11(7-8)19-13-10(17-14(19)16)5-6-12(18-13)21-2/h3-7H,1-2H3,(H2,16,17). The molecule has 0 saturated heterocycles. The number of rotatable bonds is 3. The molecule has 2 heterocycles. The summed E-state index contributed by atoms with van der Waals surface area (Å²) in [6.45, 7) is 0. The van der Waals surface area contributed by atoms with Gasteiger partial charge >= 0.3 is 0 Å². The normalized spacial score (nSPS) is 10.8. The van der Waals surface area contributed by atoms with E-state index >= 15 is 0 Å². The molecule has 0 bridgehead atoms. The smallest absolute Gasteiger partial charge is 0.215 e. The van der Waals surface area contributed by atoms with E-state index in [0.717, 1.165) is 0 Å². The SMILES string of the molecule is COc1ccc(F)c(-n2c(N)nc3ccc(OC)nc32)c1. The van der Waals surface area contributed by atoms with Crippen molar-refractivity contribution in [2.45, 2.75) is 0 Å². The average molecular weight is 288 g/mol. The number of nitrogen functional groups attached to an aromatic ring is 1. The Kier molecular flexibility index (Phi) is 3.09. The Labute approximate surface area is 119 Å². The third-order valence-electron chi connectivity index (χ3n) is 3.11. The van der Waals surface area contributed by atoms with E-state index in [2.05, 4.69) is 9.97 Å². The molecule has 7 heteroatoms. The van der Waals surface area contributed by atoms with Gasteiger partial charge in [-0.05, 0) is 18.2 Å². The van der Waals surface area contributed by atoms with Crippen molar-refractivity contribution < 1.29 is 13.9 Å². The first-order valence-corrected chi connectivity index (χ1v) is 6.17. The quantitative estimate of drug-likeness (QED) is 0.799. The molecule has 2 aromatic heterocycles. The zero-order chi connectivity index (χ0) is 15.0. The third kappa shape index (κ3) is 2.12.